The molecule has 0 saturated carbocycles. The Balaban J connectivity index is 2.09. The van der Waals surface area contributed by atoms with E-state index in [1.165, 1.54) is 6.07 Å². The lowest BCUT2D eigenvalue weighted by Crippen LogP contribution is -2.14. The third kappa shape index (κ3) is 4.36. The molecule has 0 aliphatic heterocycles. The Morgan fingerprint density at radius 3 is 2.38 bits per heavy atom. The van der Waals surface area contributed by atoms with Gasteiger partial charge in [-0.3, -0.25) is 4.79 Å². The number of Topliss-reactive ketones (excluding diaryl/α,β-unsaturated/α-hetero) is 1. The molecular weight excluding hydrogens is 339 g/mol. The number of alkyl halides is 3. The predicted molar refractivity (Wildman–Crippen MR) is 84.7 cm³/mol. The van der Waals surface area contributed by atoms with Gasteiger partial charge in [0.05, 0.1) is 11.6 Å². The number of carbonyl (C=O) groups is 1. The third-order valence-corrected chi connectivity index (χ3v) is 3.97. The number of hydrogen-bond acceptors (Lipinski definition) is 2. The van der Waals surface area contributed by atoms with Crippen LogP contribution in [0.4, 0.5) is 13.2 Å². The molecule has 2 nitrogen and oxygen atoms in total. The minimum atomic E-state index is -4.46. The number of benzene rings is 2. The zero-order chi connectivity index (χ0) is 17.7. The molecule has 0 fully saturated rings. The Morgan fingerprint density at radius 2 is 1.83 bits per heavy atom. The van der Waals surface area contributed by atoms with Crippen molar-refractivity contribution in [1.29, 1.82) is 5.26 Å². The molecule has 0 spiro atoms. The van der Waals surface area contributed by atoms with Crippen LogP contribution in [-0.2, 0) is 12.6 Å². The van der Waals surface area contributed by atoms with Gasteiger partial charge in [0.2, 0.25) is 0 Å². The molecule has 0 amide bonds. The molecule has 1 atom stereocenters. The van der Waals surface area contributed by atoms with E-state index in [1.807, 2.05) is 6.07 Å². The summed E-state index contributed by atoms with van der Waals surface area (Å²) < 4.78 is 37.8. The summed E-state index contributed by atoms with van der Waals surface area (Å²) in [7, 11) is 0. The van der Waals surface area contributed by atoms with Gasteiger partial charge >= 0.3 is 6.18 Å². The van der Waals surface area contributed by atoms with Crippen LogP contribution < -0.4 is 0 Å². The normalized spacial score (nSPS) is 12.5. The molecule has 0 heterocycles. The van der Waals surface area contributed by atoms with Gasteiger partial charge in [-0.2, -0.15) is 18.4 Å². The summed E-state index contributed by atoms with van der Waals surface area (Å²) in [6.07, 6.45) is -4.02. The van der Waals surface area contributed by atoms with E-state index in [9.17, 15) is 23.2 Å². The van der Waals surface area contributed by atoms with Crippen molar-refractivity contribution in [3.05, 3.63) is 70.2 Å². The number of rotatable bonds is 5. The average molecular weight is 352 g/mol. The maximum atomic E-state index is 12.6. The van der Waals surface area contributed by atoms with E-state index in [0.29, 0.717) is 11.1 Å². The summed E-state index contributed by atoms with van der Waals surface area (Å²) in [5.74, 6) is -1.17. The number of carbonyl (C=O) groups excluding carboxylic acids is 1. The number of hydrogen-bond donors (Lipinski definition) is 0. The largest absolute Gasteiger partial charge is 0.416 e. The first-order valence-corrected chi connectivity index (χ1v) is 7.55. The molecule has 2 aromatic rings. The van der Waals surface area contributed by atoms with Crippen molar-refractivity contribution in [3.63, 3.8) is 0 Å². The van der Waals surface area contributed by atoms with E-state index in [4.69, 9.17) is 11.6 Å². The highest BCUT2D eigenvalue weighted by molar-refractivity contribution is 6.31. The summed E-state index contributed by atoms with van der Waals surface area (Å²) in [6, 6.07) is 13.5. The summed E-state index contributed by atoms with van der Waals surface area (Å²) in [5, 5.41) is 9.18. The standard InChI is InChI=1S/C18H13ClF3NO/c19-16-10-15(18(20,21)22)9-8-12(16)6-7-14(11-23)17(24)13-4-2-1-3-5-13/h1-5,8-10,14H,6-7H2. The number of nitriles is 1. The Hall–Kier alpha value is -2.32. The van der Waals surface area contributed by atoms with Crippen molar-refractivity contribution >= 4 is 17.4 Å². The lowest BCUT2D eigenvalue weighted by molar-refractivity contribution is -0.137. The molecule has 0 bridgehead atoms. The van der Waals surface area contributed by atoms with Crippen molar-refractivity contribution in [3.8, 4) is 6.07 Å². The first-order valence-electron chi connectivity index (χ1n) is 7.17. The molecule has 0 aliphatic rings. The first kappa shape index (κ1) is 18.0. The van der Waals surface area contributed by atoms with Gasteiger partial charge in [0.1, 0.15) is 5.92 Å². The van der Waals surface area contributed by atoms with Gasteiger partial charge in [0, 0.05) is 10.6 Å². The van der Waals surface area contributed by atoms with Crippen LogP contribution >= 0.6 is 11.6 Å². The van der Waals surface area contributed by atoms with E-state index in [0.717, 1.165) is 12.1 Å². The molecule has 6 heteroatoms. The molecule has 2 rings (SSSR count). The van der Waals surface area contributed by atoms with Crippen LogP contribution in [0.3, 0.4) is 0 Å². The lowest BCUT2D eigenvalue weighted by Gasteiger charge is -2.11. The summed E-state index contributed by atoms with van der Waals surface area (Å²) in [6.45, 7) is 0. The van der Waals surface area contributed by atoms with Gasteiger partial charge in [-0.1, -0.05) is 48.0 Å². The Labute approximate surface area is 142 Å². The van der Waals surface area contributed by atoms with Crippen LogP contribution in [0, 0.1) is 17.2 Å². The lowest BCUT2D eigenvalue weighted by atomic mass is 9.92. The van der Waals surface area contributed by atoms with Gasteiger partial charge < -0.3 is 0 Å². The number of nitrogens with zero attached hydrogens (tertiary/aromatic N) is 1. The van der Waals surface area contributed by atoms with E-state index in [-0.39, 0.29) is 23.6 Å². The van der Waals surface area contributed by atoms with Crippen molar-refractivity contribution in [2.45, 2.75) is 19.0 Å². The molecule has 0 aliphatic carbocycles. The molecule has 0 saturated heterocycles. The minimum Gasteiger partial charge on any atom is -0.293 e. The fraction of sp³-hybridized carbons (Fsp3) is 0.222. The molecule has 2 aromatic carbocycles. The topological polar surface area (TPSA) is 40.9 Å². The SMILES string of the molecule is N#CC(CCc1ccc(C(F)(F)F)cc1Cl)C(=O)c1ccccc1. The Bertz CT molecular complexity index is 766. The van der Waals surface area contributed by atoms with Gasteiger partial charge in [-0.25, -0.2) is 0 Å². The van der Waals surface area contributed by atoms with Crippen LogP contribution in [0.1, 0.15) is 27.9 Å². The van der Waals surface area contributed by atoms with Crippen LogP contribution in [0.5, 0.6) is 0 Å². The molecule has 124 valence electrons. The predicted octanol–water partition coefficient (Wildman–Crippen LogP) is 5.31. The molecule has 24 heavy (non-hydrogen) atoms. The van der Waals surface area contributed by atoms with Crippen LogP contribution in [0.25, 0.3) is 0 Å². The van der Waals surface area contributed by atoms with Gasteiger partial charge in [-0.15, -0.1) is 0 Å². The highest BCUT2D eigenvalue weighted by Gasteiger charge is 2.31. The van der Waals surface area contributed by atoms with Crippen LogP contribution in [0.15, 0.2) is 48.5 Å². The van der Waals surface area contributed by atoms with Crippen molar-refractivity contribution in [2.24, 2.45) is 5.92 Å². The second kappa shape index (κ2) is 7.50. The quantitative estimate of drug-likeness (QED) is 0.684. The molecule has 0 N–H and O–H groups in total. The molecule has 0 aromatic heterocycles. The number of ketones is 1. The van der Waals surface area contributed by atoms with Crippen LogP contribution in [0.2, 0.25) is 5.02 Å². The van der Waals surface area contributed by atoms with Crippen LogP contribution in [-0.4, -0.2) is 5.78 Å². The summed E-state index contributed by atoms with van der Waals surface area (Å²) in [5.41, 5.74) is 0.0850. The maximum Gasteiger partial charge on any atom is 0.416 e. The highest BCUT2D eigenvalue weighted by atomic mass is 35.5. The zero-order valence-corrected chi connectivity index (χ0v) is 13.2. The fourth-order valence-corrected chi connectivity index (χ4v) is 2.56. The van der Waals surface area contributed by atoms with Gasteiger partial charge in [0.15, 0.2) is 5.78 Å². The highest BCUT2D eigenvalue weighted by Crippen LogP contribution is 2.32. The van der Waals surface area contributed by atoms with Crippen molar-refractivity contribution < 1.29 is 18.0 Å². The number of halogens is 4. The van der Waals surface area contributed by atoms with Crippen molar-refractivity contribution in [2.75, 3.05) is 0 Å². The third-order valence-electron chi connectivity index (χ3n) is 3.61. The monoisotopic (exact) mass is 351 g/mol. The van der Waals surface area contributed by atoms with Crippen molar-refractivity contribution in [1.82, 2.24) is 0 Å². The zero-order valence-electron chi connectivity index (χ0n) is 12.5. The number of aryl methyl sites for hydroxylation is 1. The second-order valence-electron chi connectivity index (χ2n) is 5.25. The van der Waals surface area contributed by atoms with E-state index >= 15 is 0 Å². The van der Waals surface area contributed by atoms with Gasteiger partial charge in [-0.05, 0) is 30.5 Å². The maximum absolute atomic E-state index is 12.6. The smallest absolute Gasteiger partial charge is 0.293 e. The molecular formula is C18H13ClF3NO. The summed E-state index contributed by atoms with van der Waals surface area (Å²) >= 11 is 5.89. The average Bonchev–Trinajstić information content (AvgIpc) is 2.56. The van der Waals surface area contributed by atoms with E-state index in [1.54, 1.807) is 30.3 Å². The minimum absolute atomic E-state index is 0.0197. The van der Waals surface area contributed by atoms with Gasteiger partial charge in [0.25, 0.3) is 0 Å². The second-order valence-corrected chi connectivity index (χ2v) is 5.66. The first-order chi connectivity index (χ1) is 11.3. The Kier molecular flexibility index (Phi) is 5.63. The molecule has 0 radical (unpaired) electrons. The summed E-state index contributed by atoms with van der Waals surface area (Å²) in [4.78, 5) is 12.3. The molecule has 1 unspecified atom stereocenters. The fourth-order valence-electron chi connectivity index (χ4n) is 2.28. The Morgan fingerprint density at radius 1 is 1.17 bits per heavy atom. The van der Waals surface area contributed by atoms with E-state index in [2.05, 4.69) is 0 Å². The van der Waals surface area contributed by atoms with E-state index < -0.39 is 17.7 Å².